The minimum atomic E-state index is -3.73. The van der Waals surface area contributed by atoms with E-state index >= 15 is 0 Å². The van der Waals surface area contributed by atoms with Gasteiger partial charge in [0.1, 0.15) is 11.4 Å². The summed E-state index contributed by atoms with van der Waals surface area (Å²) in [5, 5.41) is 12.6. The van der Waals surface area contributed by atoms with E-state index in [1.165, 1.54) is 57.2 Å². The number of piperazine rings is 1. The topological polar surface area (TPSA) is 129 Å². The maximum atomic E-state index is 14.6. The largest absolute Gasteiger partial charge is 0.477 e. The summed E-state index contributed by atoms with van der Waals surface area (Å²) in [4.78, 5) is 25.7. The number of aromatic carboxylic acids is 1. The lowest BCUT2D eigenvalue weighted by Crippen LogP contribution is -2.43. The van der Waals surface area contributed by atoms with Gasteiger partial charge >= 0.3 is 5.97 Å². The second-order valence-electron chi connectivity index (χ2n) is 10.8. The molecule has 1 saturated heterocycles. The maximum Gasteiger partial charge on any atom is 0.341 e. The van der Waals surface area contributed by atoms with Crippen LogP contribution in [-0.2, 0) is 10.1 Å². The monoisotopic (exact) mass is 581 g/mol. The molecule has 1 aliphatic carbocycles. The van der Waals surface area contributed by atoms with Crippen molar-refractivity contribution in [1.29, 1.82) is 0 Å². The first-order valence-corrected chi connectivity index (χ1v) is 16.3. The number of benzene rings is 1. The van der Waals surface area contributed by atoms with Crippen LogP contribution in [0.3, 0.4) is 0 Å². The fraction of sp³-hybridized carbons (Fsp3) is 0.655. The first-order chi connectivity index (χ1) is 19.1. The van der Waals surface area contributed by atoms with Crippen molar-refractivity contribution >= 4 is 32.7 Å². The number of carbonyl (C=O) groups is 1. The van der Waals surface area contributed by atoms with E-state index in [1.54, 1.807) is 6.07 Å². The summed E-state index contributed by atoms with van der Waals surface area (Å²) < 4.78 is 45.8. The lowest BCUT2D eigenvalue weighted by molar-refractivity contribution is 0.0694. The standard InChI is InChI=1S/C17H18FN3O3.C12H26O3S/c18-13-7-11-14(8-15(13)20-5-3-19-4-6-20)21(10-1-2-10)9-12(16(11)22)17(23)24;1-2-3-4-5-6-7-8-9-10-11-12-16(13,14)15/h7-10,19H,1-6H2,(H,23,24);2-12H2,1H3,(H,13,14,15). The Kier molecular flexibility index (Phi) is 12.4. The van der Waals surface area contributed by atoms with Gasteiger partial charge in [0.2, 0.25) is 5.43 Å². The van der Waals surface area contributed by atoms with E-state index in [2.05, 4.69) is 12.2 Å². The van der Waals surface area contributed by atoms with Crippen LogP contribution in [0.25, 0.3) is 10.9 Å². The Labute approximate surface area is 236 Å². The van der Waals surface area contributed by atoms with Crippen molar-refractivity contribution in [3.63, 3.8) is 0 Å². The first kappa shape index (κ1) is 32.0. The summed E-state index contributed by atoms with van der Waals surface area (Å²) >= 11 is 0. The van der Waals surface area contributed by atoms with E-state index in [-0.39, 0.29) is 22.7 Å². The van der Waals surface area contributed by atoms with E-state index in [0.29, 0.717) is 30.7 Å². The van der Waals surface area contributed by atoms with Gasteiger partial charge in [0.15, 0.2) is 0 Å². The highest BCUT2D eigenvalue weighted by molar-refractivity contribution is 7.85. The fourth-order valence-electron chi connectivity index (χ4n) is 5.09. The van der Waals surface area contributed by atoms with Crippen LogP contribution in [0.5, 0.6) is 0 Å². The molecule has 2 aliphatic rings. The molecule has 4 rings (SSSR count). The number of hydrogen-bond donors (Lipinski definition) is 3. The fourth-order valence-corrected chi connectivity index (χ4v) is 5.65. The number of aromatic nitrogens is 1. The third-order valence-electron chi connectivity index (χ3n) is 7.48. The molecule has 1 aromatic carbocycles. The Hall–Kier alpha value is -2.50. The highest BCUT2D eigenvalue weighted by atomic mass is 32.2. The summed E-state index contributed by atoms with van der Waals surface area (Å²) in [6.07, 6.45) is 14.9. The zero-order chi connectivity index (χ0) is 29.1. The summed E-state index contributed by atoms with van der Waals surface area (Å²) in [5.41, 5.74) is 0.159. The molecule has 0 bridgehead atoms. The predicted molar refractivity (Wildman–Crippen MR) is 157 cm³/mol. The molecule has 1 aromatic heterocycles. The van der Waals surface area contributed by atoms with E-state index in [9.17, 15) is 27.5 Å². The van der Waals surface area contributed by atoms with E-state index in [4.69, 9.17) is 4.55 Å². The van der Waals surface area contributed by atoms with Crippen LogP contribution in [0, 0.1) is 5.82 Å². The van der Waals surface area contributed by atoms with Crippen molar-refractivity contribution in [2.45, 2.75) is 90.0 Å². The molecule has 9 nitrogen and oxygen atoms in total. The van der Waals surface area contributed by atoms with E-state index < -0.39 is 27.3 Å². The molecule has 11 heteroatoms. The Morgan fingerprint density at radius 3 is 2.10 bits per heavy atom. The van der Waals surface area contributed by atoms with Gasteiger partial charge in [-0.15, -0.1) is 0 Å². The first-order valence-electron chi connectivity index (χ1n) is 14.6. The number of halogens is 1. The SMILES string of the molecule is CCCCCCCCCCCCS(=O)(=O)O.O=C(O)c1cn(C2CC2)c2cc(N3CCNCC3)c(F)cc2c1=O. The number of carboxylic acids is 1. The molecule has 3 N–H and O–H groups in total. The molecule has 1 aliphatic heterocycles. The lowest BCUT2D eigenvalue weighted by atomic mass is 10.1. The van der Waals surface area contributed by atoms with Gasteiger partial charge in [0, 0.05) is 43.8 Å². The average Bonchev–Trinajstić information content (AvgIpc) is 3.76. The Bertz CT molecular complexity index is 1290. The highest BCUT2D eigenvalue weighted by Crippen LogP contribution is 2.38. The molecule has 0 amide bonds. The minimum Gasteiger partial charge on any atom is -0.477 e. The van der Waals surface area contributed by atoms with Crippen LogP contribution in [0.15, 0.2) is 23.1 Å². The van der Waals surface area contributed by atoms with Crippen molar-refractivity contribution in [2.75, 3.05) is 36.8 Å². The number of rotatable bonds is 14. The van der Waals surface area contributed by atoms with Gasteiger partial charge in [-0.25, -0.2) is 9.18 Å². The van der Waals surface area contributed by atoms with Gasteiger partial charge in [0.25, 0.3) is 10.1 Å². The van der Waals surface area contributed by atoms with Gasteiger partial charge in [-0.05, 0) is 31.4 Å². The minimum absolute atomic E-state index is 0.0799. The Morgan fingerprint density at radius 1 is 1.00 bits per heavy atom. The number of fused-ring (bicyclic) bond motifs is 1. The Morgan fingerprint density at radius 2 is 1.57 bits per heavy atom. The number of carboxylic acid groups (broad SMARTS) is 1. The van der Waals surface area contributed by atoms with E-state index in [1.807, 2.05) is 9.47 Å². The number of pyridine rings is 1. The third-order valence-corrected chi connectivity index (χ3v) is 8.29. The summed E-state index contributed by atoms with van der Waals surface area (Å²) in [7, 11) is -3.73. The zero-order valence-corrected chi connectivity index (χ0v) is 24.4. The van der Waals surface area contributed by atoms with Crippen LogP contribution < -0.4 is 15.6 Å². The lowest BCUT2D eigenvalue weighted by Gasteiger charge is -2.30. The second-order valence-corrected chi connectivity index (χ2v) is 12.4. The van der Waals surface area contributed by atoms with E-state index in [0.717, 1.165) is 38.8 Å². The molecule has 2 aromatic rings. The van der Waals surface area contributed by atoms with Crippen LogP contribution in [0.2, 0.25) is 0 Å². The van der Waals surface area contributed by atoms with Crippen molar-refractivity contribution in [1.82, 2.24) is 9.88 Å². The molecule has 224 valence electrons. The molecule has 0 atom stereocenters. The molecular weight excluding hydrogens is 537 g/mol. The van der Waals surface area contributed by atoms with Crippen molar-refractivity contribution in [2.24, 2.45) is 0 Å². The predicted octanol–water partition coefficient (Wildman–Crippen LogP) is 5.38. The van der Waals surface area contributed by atoms with Crippen LogP contribution in [0.1, 0.15) is 100 Å². The number of unbranched alkanes of at least 4 members (excludes halogenated alkanes) is 9. The number of nitrogens with one attached hydrogen (secondary N) is 1. The van der Waals surface area contributed by atoms with Gasteiger partial charge in [-0.1, -0.05) is 64.7 Å². The van der Waals surface area contributed by atoms with Gasteiger partial charge < -0.3 is 19.9 Å². The second kappa shape index (κ2) is 15.5. The number of anilines is 1. The maximum absolute atomic E-state index is 14.6. The zero-order valence-electron chi connectivity index (χ0n) is 23.5. The molecule has 0 unspecified atom stereocenters. The summed E-state index contributed by atoms with van der Waals surface area (Å²) in [5.74, 6) is -1.84. The molecule has 2 fully saturated rings. The van der Waals surface area contributed by atoms with Gasteiger partial charge in [-0.3, -0.25) is 9.35 Å². The molecule has 0 radical (unpaired) electrons. The average molecular weight is 582 g/mol. The molecular formula is C29H44FN3O6S. The van der Waals surface area contributed by atoms with Gasteiger partial charge in [-0.2, -0.15) is 8.42 Å². The van der Waals surface area contributed by atoms with Crippen molar-refractivity contribution < 1.29 is 27.3 Å². The molecule has 40 heavy (non-hydrogen) atoms. The molecule has 1 saturated carbocycles. The highest BCUT2D eigenvalue weighted by Gasteiger charge is 2.28. The van der Waals surface area contributed by atoms with Crippen LogP contribution >= 0.6 is 0 Å². The third kappa shape index (κ3) is 9.85. The summed E-state index contributed by atoms with van der Waals surface area (Å²) in [6.45, 7) is 5.18. The van der Waals surface area contributed by atoms with Crippen molar-refractivity contribution in [3.8, 4) is 0 Å². The van der Waals surface area contributed by atoms with Crippen LogP contribution in [-0.4, -0.2) is 60.5 Å². The number of nitrogens with zero attached hydrogens (tertiary/aromatic N) is 2. The summed E-state index contributed by atoms with van der Waals surface area (Å²) in [6, 6.07) is 3.08. The molecule has 0 spiro atoms. The van der Waals surface area contributed by atoms with Crippen LogP contribution in [0.4, 0.5) is 10.1 Å². The molecule has 2 heterocycles. The van der Waals surface area contributed by atoms with Gasteiger partial charge in [0.05, 0.1) is 17.0 Å². The smallest absolute Gasteiger partial charge is 0.341 e. The van der Waals surface area contributed by atoms with Crippen molar-refractivity contribution in [3.05, 3.63) is 39.9 Å². The Balaban J connectivity index is 0.000000243. The number of hydrogen-bond acceptors (Lipinski definition) is 6. The quantitative estimate of drug-likeness (QED) is 0.200. The normalized spacial score (nSPS) is 15.6.